The number of aromatic nitrogens is 2. The molecule has 3 rings (SSSR count). The first-order chi connectivity index (χ1) is 9.29. The number of nitrogens with two attached hydrogens (primary N) is 1. The van der Waals surface area contributed by atoms with Crippen molar-refractivity contribution in [3.05, 3.63) is 41.1 Å². The molecule has 0 saturated heterocycles. The molecule has 0 fully saturated rings. The van der Waals surface area contributed by atoms with Gasteiger partial charge in [0.25, 0.3) is 0 Å². The fourth-order valence-corrected chi connectivity index (χ4v) is 2.29. The van der Waals surface area contributed by atoms with E-state index in [9.17, 15) is 0 Å². The summed E-state index contributed by atoms with van der Waals surface area (Å²) in [5.41, 5.74) is 8.44. The van der Waals surface area contributed by atoms with E-state index in [1.165, 1.54) is 11.1 Å². The van der Waals surface area contributed by atoms with Gasteiger partial charge < -0.3 is 16.3 Å². The average molecular weight is 259 g/mol. The monoisotopic (exact) mass is 259 g/mol. The van der Waals surface area contributed by atoms with Gasteiger partial charge in [0.15, 0.2) is 17.3 Å². The Balaban J connectivity index is 1.66. The van der Waals surface area contributed by atoms with Crippen LogP contribution >= 0.6 is 0 Å². The maximum atomic E-state index is 8.98. The summed E-state index contributed by atoms with van der Waals surface area (Å²) in [7, 11) is 0. The lowest BCUT2D eigenvalue weighted by Crippen LogP contribution is -2.34. The Labute approximate surface area is 109 Å². The van der Waals surface area contributed by atoms with E-state index in [-0.39, 0.29) is 17.3 Å². The number of nitrogens with zero attached hydrogens (tertiary/aromatic N) is 3. The van der Waals surface area contributed by atoms with E-state index in [0.29, 0.717) is 12.5 Å². The first kappa shape index (κ1) is 11.5. The lowest BCUT2D eigenvalue weighted by atomic mass is 9.77. The van der Waals surface area contributed by atoms with Crippen molar-refractivity contribution < 1.29 is 9.84 Å². The highest BCUT2D eigenvalue weighted by molar-refractivity contribution is 5.99. The van der Waals surface area contributed by atoms with E-state index in [1.54, 1.807) is 0 Å². The van der Waals surface area contributed by atoms with Gasteiger partial charge in [-0.25, -0.2) is 4.63 Å². The molecule has 2 aromatic rings. The van der Waals surface area contributed by atoms with Crippen molar-refractivity contribution in [3.8, 4) is 0 Å². The number of amidine groups is 1. The number of hydrogen-bond acceptors (Lipinski definition) is 6. The molecule has 98 valence electrons. The topological polar surface area (TPSA) is 110 Å². The van der Waals surface area contributed by atoms with Crippen molar-refractivity contribution in [1.82, 2.24) is 15.6 Å². The molecule has 0 radical (unpaired) electrons. The summed E-state index contributed by atoms with van der Waals surface area (Å²) in [6, 6.07) is 8.27. The lowest BCUT2D eigenvalue weighted by Gasteiger charge is -2.30. The minimum Gasteiger partial charge on any atom is -0.409 e. The van der Waals surface area contributed by atoms with Crippen LogP contribution in [-0.2, 0) is 6.42 Å². The number of anilines is 1. The molecule has 1 aromatic carbocycles. The zero-order valence-electron chi connectivity index (χ0n) is 10.1. The minimum absolute atomic E-state index is 0.0920. The molecule has 4 N–H and O–H groups in total. The fraction of sp³-hybridized carbons (Fsp3) is 0.250. The summed E-state index contributed by atoms with van der Waals surface area (Å²) in [4.78, 5) is 0. The van der Waals surface area contributed by atoms with Crippen LogP contribution in [-0.4, -0.2) is 27.9 Å². The minimum atomic E-state index is 0.0920. The van der Waals surface area contributed by atoms with Crippen LogP contribution in [0, 0.1) is 0 Å². The molecule has 1 aromatic heterocycles. The predicted molar refractivity (Wildman–Crippen MR) is 67.9 cm³/mol. The van der Waals surface area contributed by atoms with E-state index in [2.05, 4.69) is 37.5 Å². The molecule has 7 nitrogen and oxygen atoms in total. The Hall–Kier alpha value is -2.57. The normalized spacial score (nSPS) is 17.7. The molecule has 7 heteroatoms. The molecule has 0 spiro atoms. The molecule has 1 heterocycles. The molecule has 1 aliphatic rings. The van der Waals surface area contributed by atoms with Crippen LogP contribution in [0.1, 0.15) is 22.7 Å². The van der Waals surface area contributed by atoms with Crippen LogP contribution in [0.2, 0.25) is 0 Å². The summed E-state index contributed by atoms with van der Waals surface area (Å²) in [6.07, 6.45) is 1.01. The van der Waals surface area contributed by atoms with Gasteiger partial charge in [-0.2, -0.15) is 0 Å². The Morgan fingerprint density at radius 1 is 1.47 bits per heavy atom. The Morgan fingerprint density at radius 3 is 3.00 bits per heavy atom. The number of benzene rings is 1. The summed E-state index contributed by atoms with van der Waals surface area (Å²) in [5.74, 6) is 0.659. The van der Waals surface area contributed by atoms with Gasteiger partial charge in [0.2, 0.25) is 0 Å². The smallest absolute Gasteiger partial charge is 0.199 e. The molecule has 0 amide bonds. The summed E-state index contributed by atoms with van der Waals surface area (Å²) in [6.45, 7) is 0.642. The molecular formula is C12H13N5O2. The maximum Gasteiger partial charge on any atom is 0.199 e. The SMILES string of the molecule is Nc1nonc1/C(=N/O)NCC1Cc2ccccc21. The van der Waals surface area contributed by atoms with Crippen LogP contribution in [0.3, 0.4) is 0 Å². The van der Waals surface area contributed by atoms with Crippen LogP contribution in [0.15, 0.2) is 34.1 Å². The Morgan fingerprint density at radius 2 is 2.32 bits per heavy atom. The predicted octanol–water partition coefficient (Wildman–Crippen LogP) is 0.717. The van der Waals surface area contributed by atoms with Gasteiger partial charge in [-0.05, 0) is 27.9 Å². The highest BCUT2D eigenvalue weighted by Crippen LogP contribution is 2.34. The van der Waals surface area contributed by atoms with Gasteiger partial charge >= 0.3 is 0 Å². The van der Waals surface area contributed by atoms with Crippen molar-refractivity contribution in [2.75, 3.05) is 12.3 Å². The van der Waals surface area contributed by atoms with E-state index < -0.39 is 0 Å². The quantitative estimate of drug-likeness (QED) is 0.324. The van der Waals surface area contributed by atoms with Gasteiger partial charge in [-0.1, -0.05) is 29.4 Å². The van der Waals surface area contributed by atoms with E-state index >= 15 is 0 Å². The van der Waals surface area contributed by atoms with Crippen LogP contribution in [0.5, 0.6) is 0 Å². The number of nitrogen functional groups attached to an aromatic ring is 1. The largest absolute Gasteiger partial charge is 0.409 e. The number of rotatable bonds is 3. The Kier molecular flexibility index (Phi) is 2.79. The molecule has 0 bridgehead atoms. The standard InChI is InChI=1S/C12H13N5O2/c13-11-10(16-19-17-11)12(15-18)14-6-8-5-7-3-1-2-4-9(7)8/h1-4,8,18H,5-6H2,(H2,13,17)(H,14,15). The van der Waals surface area contributed by atoms with Crippen LogP contribution in [0.25, 0.3) is 0 Å². The lowest BCUT2D eigenvalue weighted by molar-refractivity contribution is 0.304. The van der Waals surface area contributed by atoms with Crippen molar-refractivity contribution in [2.24, 2.45) is 5.16 Å². The number of nitrogens with one attached hydrogen (secondary N) is 1. The zero-order chi connectivity index (χ0) is 13.2. The van der Waals surface area contributed by atoms with E-state index in [0.717, 1.165) is 6.42 Å². The summed E-state index contributed by atoms with van der Waals surface area (Å²) >= 11 is 0. The van der Waals surface area contributed by atoms with E-state index in [1.807, 2.05) is 12.1 Å². The van der Waals surface area contributed by atoms with Gasteiger partial charge in [0, 0.05) is 12.5 Å². The third-order valence-electron chi connectivity index (χ3n) is 3.32. The first-order valence-corrected chi connectivity index (χ1v) is 5.91. The first-order valence-electron chi connectivity index (χ1n) is 5.91. The van der Waals surface area contributed by atoms with Gasteiger partial charge in [0.1, 0.15) is 0 Å². The molecular weight excluding hydrogens is 246 g/mol. The molecule has 1 unspecified atom stereocenters. The second-order valence-corrected chi connectivity index (χ2v) is 4.43. The molecule has 0 saturated carbocycles. The van der Waals surface area contributed by atoms with Gasteiger partial charge in [-0.3, -0.25) is 0 Å². The number of oxime groups is 1. The second kappa shape index (κ2) is 4.60. The van der Waals surface area contributed by atoms with E-state index in [4.69, 9.17) is 10.9 Å². The number of fused-ring (bicyclic) bond motifs is 1. The van der Waals surface area contributed by atoms with Crippen molar-refractivity contribution >= 4 is 11.7 Å². The second-order valence-electron chi connectivity index (χ2n) is 4.43. The van der Waals surface area contributed by atoms with Gasteiger partial charge in [-0.15, -0.1) is 0 Å². The van der Waals surface area contributed by atoms with Crippen LogP contribution in [0.4, 0.5) is 5.82 Å². The van der Waals surface area contributed by atoms with Crippen molar-refractivity contribution in [1.29, 1.82) is 0 Å². The third kappa shape index (κ3) is 1.99. The molecule has 1 atom stereocenters. The highest BCUT2D eigenvalue weighted by atomic mass is 16.6. The van der Waals surface area contributed by atoms with Crippen molar-refractivity contribution in [3.63, 3.8) is 0 Å². The highest BCUT2D eigenvalue weighted by Gasteiger charge is 2.26. The fourth-order valence-electron chi connectivity index (χ4n) is 2.29. The van der Waals surface area contributed by atoms with Crippen LogP contribution < -0.4 is 11.1 Å². The van der Waals surface area contributed by atoms with Gasteiger partial charge in [0.05, 0.1) is 0 Å². The molecule has 0 aliphatic heterocycles. The zero-order valence-corrected chi connectivity index (χ0v) is 10.1. The molecule has 1 aliphatic carbocycles. The third-order valence-corrected chi connectivity index (χ3v) is 3.32. The Bertz CT molecular complexity index is 622. The summed E-state index contributed by atoms with van der Waals surface area (Å²) in [5, 5.41) is 22.2. The molecule has 19 heavy (non-hydrogen) atoms. The maximum absolute atomic E-state index is 8.98. The number of hydrogen-bond donors (Lipinski definition) is 3. The summed E-state index contributed by atoms with van der Waals surface area (Å²) < 4.78 is 4.47. The average Bonchev–Trinajstić information content (AvgIpc) is 2.81. The van der Waals surface area contributed by atoms with Crippen molar-refractivity contribution in [2.45, 2.75) is 12.3 Å².